The molecule has 2 heterocycles. The summed E-state index contributed by atoms with van der Waals surface area (Å²) in [4.78, 5) is 32.4. The summed E-state index contributed by atoms with van der Waals surface area (Å²) in [5.41, 5.74) is 5.15. The number of methoxy groups -OCH3 is 1. The van der Waals surface area contributed by atoms with Gasteiger partial charge in [-0.25, -0.2) is 20.2 Å². The van der Waals surface area contributed by atoms with E-state index in [1.165, 1.54) is 25.1 Å². The predicted molar refractivity (Wildman–Crippen MR) is 113 cm³/mol. The lowest BCUT2D eigenvalue weighted by Crippen LogP contribution is -2.19. The molecule has 1 N–H and O–H groups in total. The number of hydrogen-bond acceptors (Lipinski definition) is 8. The highest BCUT2D eigenvalue weighted by molar-refractivity contribution is 7.99. The Morgan fingerprint density at radius 2 is 1.90 bits per heavy atom. The summed E-state index contributed by atoms with van der Waals surface area (Å²) in [6.45, 7) is 3.76. The number of hydrogen-bond donors (Lipinski definition) is 1. The molecule has 0 aliphatic carbocycles. The van der Waals surface area contributed by atoms with Gasteiger partial charge in [0.15, 0.2) is 5.16 Å². The van der Waals surface area contributed by atoms with Gasteiger partial charge in [0, 0.05) is 17.0 Å². The van der Waals surface area contributed by atoms with Gasteiger partial charge in [0.1, 0.15) is 11.5 Å². The Labute approximate surface area is 177 Å². The first-order chi connectivity index (χ1) is 14.5. The van der Waals surface area contributed by atoms with E-state index in [2.05, 4.69) is 20.5 Å². The predicted octanol–water partition coefficient (Wildman–Crippen LogP) is 3.38. The molecule has 0 radical (unpaired) electrons. The Hall–Kier alpha value is -3.46. The maximum atomic E-state index is 12.0. The molecule has 154 valence electrons. The Bertz CT molecular complexity index is 1070. The van der Waals surface area contributed by atoms with Gasteiger partial charge in [-0.2, -0.15) is 5.10 Å². The number of amides is 1. The molecule has 8 nitrogen and oxygen atoms in total. The first kappa shape index (κ1) is 21.3. The number of aryl methyl sites for hydroxylation is 2. The number of nitrogens with one attached hydrogen (secondary N) is 1. The average molecular weight is 424 g/mol. The first-order valence-corrected chi connectivity index (χ1v) is 9.99. The molecule has 1 aromatic carbocycles. The molecule has 0 atom stereocenters. The quantitative estimate of drug-likeness (QED) is 0.204. The van der Waals surface area contributed by atoms with Crippen molar-refractivity contribution >= 4 is 29.9 Å². The van der Waals surface area contributed by atoms with E-state index in [-0.39, 0.29) is 11.7 Å². The van der Waals surface area contributed by atoms with Gasteiger partial charge in [-0.1, -0.05) is 30.0 Å². The van der Waals surface area contributed by atoms with E-state index >= 15 is 0 Å². The average Bonchev–Trinajstić information content (AvgIpc) is 3.20. The normalized spacial score (nSPS) is 10.9. The van der Waals surface area contributed by atoms with E-state index in [1.54, 1.807) is 36.4 Å². The standard InChI is InChI=1S/C21H20N4O4S/c1-13-10-14(2)24-21(23-13)30-12-19(26)25-22-11-15-8-9-18(29-15)16-6-4-5-7-17(16)20(27)28-3/h4-11H,12H2,1-3H3,(H,25,26)/b22-11-. The number of ether oxygens (including phenoxy) is 1. The lowest BCUT2D eigenvalue weighted by atomic mass is 10.1. The van der Waals surface area contributed by atoms with Crippen LogP contribution < -0.4 is 5.43 Å². The van der Waals surface area contributed by atoms with E-state index in [4.69, 9.17) is 9.15 Å². The molecule has 3 aromatic rings. The van der Waals surface area contributed by atoms with E-state index in [1.807, 2.05) is 19.9 Å². The summed E-state index contributed by atoms with van der Waals surface area (Å²) >= 11 is 1.24. The molecule has 0 fully saturated rings. The molecule has 30 heavy (non-hydrogen) atoms. The fraction of sp³-hybridized carbons (Fsp3) is 0.190. The summed E-state index contributed by atoms with van der Waals surface area (Å²) in [5.74, 6) is 0.314. The molecule has 0 spiro atoms. The molecule has 0 aliphatic heterocycles. The van der Waals surface area contributed by atoms with Gasteiger partial charge in [0.2, 0.25) is 0 Å². The second kappa shape index (κ2) is 9.84. The number of hydrazone groups is 1. The Balaban J connectivity index is 1.58. The van der Waals surface area contributed by atoms with Gasteiger partial charge >= 0.3 is 5.97 Å². The Morgan fingerprint density at radius 3 is 2.63 bits per heavy atom. The van der Waals surface area contributed by atoms with Crippen molar-refractivity contribution in [3.05, 3.63) is 65.2 Å². The second-order valence-corrected chi connectivity index (χ2v) is 7.20. The van der Waals surface area contributed by atoms with Crippen molar-refractivity contribution in [2.24, 2.45) is 5.10 Å². The fourth-order valence-electron chi connectivity index (χ4n) is 2.64. The number of carbonyl (C=O) groups is 2. The smallest absolute Gasteiger partial charge is 0.338 e. The van der Waals surface area contributed by atoms with Crippen molar-refractivity contribution in [1.29, 1.82) is 0 Å². The monoisotopic (exact) mass is 424 g/mol. The van der Waals surface area contributed by atoms with Crippen LogP contribution in [0.4, 0.5) is 0 Å². The number of rotatable bonds is 7. The number of nitrogens with zero attached hydrogens (tertiary/aromatic N) is 3. The van der Waals surface area contributed by atoms with Gasteiger partial charge in [-0.3, -0.25) is 4.79 Å². The molecule has 9 heteroatoms. The SMILES string of the molecule is COC(=O)c1ccccc1-c1ccc(/C=N\NC(=O)CSc2nc(C)cc(C)n2)o1. The highest BCUT2D eigenvalue weighted by Gasteiger charge is 2.15. The van der Waals surface area contributed by atoms with Crippen molar-refractivity contribution in [3.63, 3.8) is 0 Å². The minimum Gasteiger partial charge on any atom is -0.465 e. The maximum Gasteiger partial charge on any atom is 0.338 e. The molecule has 2 aromatic heterocycles. The van der Waals surface area contributed by atoms with Crippen LogP contribution in [0.1, 0.15) is 27.5 Å². The number of thioether (sulfide) groups is 1. The second-order valence-electron chi connectivity index (χ2n) is 6.25. The van der Waals surface area contributed by atoms with Gasteiger partial charge in [0.25, 0.3) is 5.91 Å². The van der Waals surface area contributed by atoms with Gasteiger partial charge < -0.3 is 9.15 Å². The molecule has 0 aliphatic rings. The fourth-order valence-corrected chi connectivity index (χ4v) is 3.38. The Kier molecular flexibility index (Phi) is 6.97. The van der Waals surface area contributed by atoms with E-state index in [0.29, 0.717) is 27.8 Å². The highest BCUT2D eigenvalue weighted by Crippen LogP contribution is 2.26. The van der Waals surface area contributed by atoms with Crippen LogP contribution in [0.2, 0.25) is 0 Å². The number of benzene rings is 1. The van der Waals surface area contributed by atoms with Crippen LogP contribution >= 0.6 is 11.8 Å². The van der Waals surface area contributed by atoms with Crippen molar-refractivity contribution in [2.45, 2.75) is 19.0 Å². The summed E-state index contributed by atoms with van der Waals surface area (Å²) < 4.78 is 10.5. The molecule has 0 saturated carbocycles. The molecule has 3 rings (SSSR count). The maximum absolute atomic E-state index is 12.0. The minimum absolute atomic E-state index is 0.135. The van der Waals surface area contributed by atoms with Crippen LogP contribution in [0.5, 0.6) is 0 Å². The number of aromatic nitrogens is 2. The molecule has 0 saturated heterocycles. The third-order valence-corrected chi connectivity index (χ3v) is 4.75. The first-order valence-electron chi connectivity index (χ1n) is 9.01. The van der Waals surface area contributed by atoms with Crippen LogP contribution in [0, 0.1) is 13.8 Å². The molecule has 0 unspecified atom stereocenters. The van der Waals surface area contributed by atoms with E-state index < -0.39 is 5.97 Å². The van der Waals surface area contributed by atoms with Gasteiger partial charge in [0.05, 0.1) is 24.6 Å². The number of carbonyl (C=O) groups excluding carboxylic acids is 2. The number of furan rings is 1. The van der Waals surface area contributed by atoms with E-state index in [9.17, 15) is 9.59 Å². The zero-order valence-electron chi connectivity index (χ0n) is 16.7. The Morgan fingerprint density at radius 1 is 1.17 bits per heavy atom. The van der Waals surface area contributed by atoms with Gasteiger partial charge in [-0.05, 0) is 38.1 Å². The summed E-state index contributed by atoms with van der Waals surface area (Å²) in [6, 6.07) is 12.3. The third-order valence-electron chi connectivity index (χ3n) is 3.90. The van der Waals surface area contributed by atoms with Crippen LogP contribution in [-0.4, -0.2) is 40.9 Å². The van der Waals surface area contributed by atoms with Crippen LogP contribution in [0.15, 0.2) is 57.1 Å². The highest BCUT2D eigenvalue weighted by atomic mass is 32.2. The summed E-state index contributed by atoms with van der Waals surface area (Å²) in [5, 5.41) is 4.45. The van der Waals surface area contributed by atoms with Crippen LogP contribution in [-0.2, 0) is 9.53 Å². The van der Waals surface area contributed by atoms with Crippen LogP contribution in [0.25, 0.3) is 11.3 Å². The zero-order chi connectivity index (χ0) is 21.5. The van der Waals surface area contributed by atoms with E-state index in [0.717, 1.165) is 11.4 Å². The molecule has 1 amide bonds. The zero-order valence-corrected chi connectivity index (χ0v) is 17.5. The van der Waals surface area contributed by atoms with Crippen molar-refractivity contribution in [3.8, 4) is 11.3 Å². The van der Waals surface area contributed by atoms with Crippen molar-refractivity contribution < 1.29 is 18.7 Å². The summed E-state index contributed by atoms with van der Waals surface area (Å²) in [7, 11) is 1.33. The lowest BCUT2D eigenvalue weighted by molar-refractivity contribution is -0.118. The van der Waals surface area contributed by atoms with Crippen LogP contribution in [0.3, 0.4) is 0 Å². The summed E-state index contributed by atoms with van der Waals surface area (Å²) in [6.07, 6.45) is 1.39. The van der Waals surface area contributed by atoms with Crippen molar-refractivity contribution in [1.82, 2.24) is 15.4 Å². The molecular formula is C21H20N4O4S. The lowest BCUT2D eigenvalue weighted by Gasteiger charge is -2.04. The number of esters is 1. The third kappa shape index (κ3) is 5.54. The largest absolute Gasteiger partial charge is 0.465 e. The molecule has 0 bridgehead atoms. The molecular weight excluding hydrogens is 404 g/mol. The topological polar surface area (TPSA) is 107 Å². The van der Waals surface area contributed by atoms with Crippen molar-refractivity contribution in [2.75, 3.05) is 12.9 Å². The van der Waals surface area contributed by atoms with Gasteiger partial charge in [-0.15, -0.1) is 0 Å². The minimum atomic E-state index is -0.449.